The maximum Gasteiger partial charge on any atom is 0.363 e. The first kappa shape index (κ1) is 24.7. The molecular weight excluding hydrogens is 580 g/mol. The van der Waals surface area contributed by atoms with Crippen LogP contribution >= 0.6 is 31.9 Å². The number of carbonyl (C=O) groups excluding carboxylic acids is 2. The first-order valence-electron chi connectivity index (χ1n) is 10.5. The summed E-state index contributed by atoms with van der Waals surface area (Å²) in [5.41, 5.74) is 3.09. The highest BCUT2D eigenvalue weighted by Gasteiger charge is 2.24. The number of nitrogens with zero attached hydrogens (tertiary/aromatic N) is 1. The highest BCUT2D eigenvalue weighted by molar-refractivity contribution is 9.10. The highest BCUT2D eigenvalue weighted by Crippen LogP contribution is 2.38. The van der Waals surface area contributed by atoms with Gasteiger partial charge in [-0.25, -0.2) is 9.79 Å². The number of esters is 1. The zero-order valence-corrected chi connectivity index (χ0v) is 22.0. The van der Waals surface area contributed by atoms with E-state index in [1.165, 1.54) is 6.92 Å². The predicted molar refractivity (Wildman–Crippen MR) is 141 cm³/mol. The lowest BCUT2D eigenvalue weighted by Gasteiger charge is -2.14. The second-order valence-corrected chi connectivity index (χ2v) is 9.32. The maximum absolute atomic E-state index is 12.4. The molecule has 0 unspecified atom stereocenters. The van der Waals surface area contributed by atoms with Crippen LogP contribution in [0.1, 0.15) is 23.6 Å². The molecule has 0 atom stereocenters. The van der Waals surface area contributed by atoms with Crippen molar-refractivity contribution >= 4 is 61.4 Å². The molecule has 0 saturated heterocycles. The Morgan fingerprint density at radius 2 is 1.89 bits per heavy atom. The molecule has 3 aromatic carbocycles. The van der Waals surface area contributed by atoms with E-state index >= 15 is 0 Å². The SMILES string of the molecule is COc1cc(/C=C2\N=C(c3ccc(NC(C)=O)cc3)OC2=O)cc(Br)c1OCc1cccc(Br)c1. The minimum Gasteiger partial charge on any atom is -0.493 e. The summed E-state index contributed by atoms with van der Waals surface area (Å²) in [6.45, 7) is 1.79. The fraction of sp³-hybridized carbons (Fsp3) is 0.115. The summed E-state index contributed by atoms with van der Waals surface area (Å²) in [6.07, 6.45) is 1.62. The molecule has 1 N–H and O–H groups in total. The second kappa shape index (κ2) is 10.9. The van der Waals surface area contributed by atoms with Gasteiger partial charge in [-0.2, -0.15) is 0 Å². The van der Waals surface area contributed by atoms with Crippen LogP contribution in [0.15, 0.2) is 80.3 Å². The zero-order valence-electron chi connectivity index (χ0n) is 18.8. The second-order valence-electron chi connectivity index (χ2n) is 7.55. The highest BCUT2D eigenvalue weighted by atomic mass is 79.9. The van der Waals surface area contributed by atoms with Crippen molar-refractivity contribution in [3.63, 3.8) is 0 Å². The van der Waals surface area contributed by atoms with Gasteiger partial charge in [0.2, 0.25) is 11.8 Å². The van der Waals surface area contributed by atoms with Crippen LogP contribution in [0.25, 0.3) is 6.08 Å². The van der Waals surface area contributed by atoms with Gasteiger partial charge in [-0.05, 0) is 81.7 Å². The van der Waals surface area contributed by atoms with Crippen molar-refractivity contribution in [2.24, 2.45) is 4.99 Å². The van der Waals surface area contributed by atoms with E-state index < -0.39 is 5.97 Å². The number of hydrogen-bond donors (Lipinski definition) is 1. The normalized spacial score (nSPS) is 13.9. The minimum atomic E-state index is -0.559. The fourth-order valence-corrected chi connectivity index (χ4v) is 4.36. The monoisotopic (exact) mass is 598 g/mol. The molecule has 1 heterocycles. The van der Waals surface area contributed by atoms with E-state index in [0.29, 0.717) is 39.4 Å². The van der Waals surface area contributed by atoms with Crippen LogP contribution in [-0.2, 0) is 20.9 Å². The van der Waals surface area contributed by atoms with Crippen LogP contribution in [0.5, 0.6) is 11.5 Å². The van der Waals surface area contributed by atoms with Gasteiger partial charge in [-0.1, -0.05) is 28.1 Å². The third-order valence-corrected chi connectivity index (χ3v) is 5.98. The smallest absolute Gasteiger partial charge is 0.363 e. The lowest BCUT2D eigenvalue weighted by molar-refractivity contribution is -0.129. The number of methoxy groups -OCH3 is 1. The molecule has 0 radical (unpaired) electrons. The molecular formula is C26H20Br2N2O5. The standard InChI is InChI=1S/C26H20Br2N2O5/c1-15(31)29-20-8-6-18(7-9-20)25-30-22(26(32)35-25)12-17-11-21(28)24(23(13-17)33-2)34-14-16-4-3-5-19(27)10-16/h3-13H,14H2,1-2H3,(H,29,31)/b22-12-. The molecule has 0 saturated carbocycles. The van der Waals surface area contributed by atoms with E-state index in [9.17, 15) is 9.59 Å². The Morgan fingerprint density at radius 1 is 1.11 bits per heavy atom. The topological polar surface area (TPSA) is 86.2 Å². The number of hydrogen-bond acceptors (Lipinski definition) is 6. The van der Waals surface area contributed by atoms with Gasteiger partial charge in [-0.15, -0.1) is 0 Å². The Morgan fingerprint density at radius 3 is 2.57 bits per heavy atom. The summed E-state index contributed by atoms with van der Waals surface area (Å²) in [7, 11) is 1.55. The van der Waals surface area contributed by atoms with Crippen LogP contribution < -0.4 is 14.8 Å². The molecule has 35 heavy (non-hydrogen) atoms. The molecule has 9 heteroatoms. The van der Waals surface area contributed by atoms with Crippen LogP contribution in [0, 0.1) is 0 Å². The van der Waals surface area contributed by atoms with Crippen molar-refractivity contribution < 1.29 is 23.8 Å². The first-order valence-corrected chi connectivity index (χ1v) is 12.1. The van der Waals surface area contributed by atoms with Crippen molar-refractivity contribution in [1.29, 1.82) is 0 Å². The average Bonchev–Trinajstić information content (AvgIpc) is 3.18. The summed E-state index contributed by atoms with van der Waals surface area (Å²) in [5.74, 6) is 0.516. The summed E-state index contributed by atoms with van der Waals surface area (Å²) in [4.78, 5) is 28.0. The van der Waals surface area contributed by atoms with Gasteiger partial charge in [0.25, 0.3) is 0 Å². The number of ether oxygens (including phenoxy) is 3. The molecule has 1 amide bonds. The van der Waals surface area contributed by atoms with Crippen molar-refractivity contribution in [3.8, 4) is 11.5 Å². The summed E-state index contributed by atoms with van der Waals surface area (Å²) in [6, 6.07) is 18.3. The Hall–Kier alpha value is -3.43. The molecule has 7 nitrogen and oxygen atoms in total. The number of cyclic esters (lactones) is 1. The Bertz CT molecular complexity index is 1350. The number of nitrogens with one attached hydrogen (secondary N) is 1. The Labute approximate surface area is 219 Å². The van der Waals surface area contributed by atoms with E-state index in [1.807, 2.05) is 30.3 Å². The Balaban J connectivity index is 1.55. The molecule has 0 fully saturated rings. The zero-order chi connectivity index (χ0) is 24.9. The summed E-state index contributed by atoms with van der Waals surface area (Å²) < 4.78 is 18.5. The van der Waals surface area contributed by atoms with Crippen molar-refractivity contribution in [1.82, 2.24) is 0 Å². The molecule has 0 spiro atoms. The third kappa shape index (κ3) is 6.17. The van der Waals surface area contributed by atoms with Crippen LogP contribution in [-0.4, -0.2) is 24.9 Å². The number of carbonyl (C=O) groups is 2. The first-order chi connectivity index (χ1) is 16.8. The van der Waals surface area contributed by atoms with Gasteiger partial charge in [-0.3, -0.25) is 4.79 Å². The van der Waals surface area contributed by atoms with Crippen molar-refractivity contribution in [2.45, 2.75) is 13.5 Å². The van der Waals surface area contributed by atoms with E-state index in [2.05, 4.69) is 42.2 Å². The number of rotatable bonds is 7. The maximum atomic E-state index is 12.4. The molecule has 178 valence electrons. The van der Waals surface area contributed by atoms with Crippen LogP contribution in [0.4, 0.5) is 5.69 Å². The van der Waals surface area contributed by atoms with Gasteiger partial charge < -0.3 is 19.5 Å². The van der Waals surface area contributed by atoms with Crippen molar-refractivity contribution in [3.05, 3.63) is 92.0 Å². The number of anilines is 1. The lowest BCUT2D eigenvalue weighted by atomic mass is 10.1. The van der Waals surface area contributed by atoms with E-state index in [-0.39, 0.29) is 17.5 Å². The minimum absolute atomic E-state index is 0.155. The number of benzene rings is 3. The third-order valence-electron chi connectivity index (χ3n) is 4.90. The molecule has 0 aliphatic carbocycles. The molecule has 4 rings (SSSR count). The number of halogens is 2. The molecule has 1 aliphatic rings. The Kier molecular flexibility index (Phi) is 7.67. The molecule has 0 aromatic heterocycles. The van der Waals surface area contributed by atoms with E-state index in [4.69, 9.17) is 14.2 Å². The van der Waals surface area contributed by atoms with Gasteiger partial charge >= 0.3 is 5.97 Å². The van der Waals surface area contributed by atoms with Gasteiger partial charge in [0.15, 0.2) is 17.2 Å². The molecule has 3 aromatic rings. The molecule has 1 aliphatic heterocycles. The van der Waals surface area contributed by atoms with Gasteiger partial charge in [0.1, 0.15) is 6.61 Å². The van der Waals surface area contributed by atoms with E-state index in [0.717, 1.165) is 10.0 Å². The molecule has 0 bridgehead atoms. The predicted octanol–water partition coefficient (Wildman–Crippen LogP) is 6.10. The number of aliphatic imine (C=N–C) groups is 1. The quantitative estimate of drug-likeness (QED) is 0.262. The fourth-order valence-electron chi connectivity index (χ4n) is 3.34. The number of amides is 1. The average molecular weight is 600 g/mol. The van der Waals surface area contributed by atoms with E-state index in [1.54, 1.807) is 43.5 Å². The van der Waals surface area contributed by atoms with Gasteiger partial charge in [0.05, 0.1) is 11.6 Å². The summed E-state index contributed by atoms with van der Waals surface area (Å²) >= 11 is 7.00. The van der Waals surface area contributed by atoms with Gasteiger partial charge in [0, 0.05) is 22.6 Å². The van der Waals surface area contributed by atoms with Crippen LogP contribution in [0.3, 0.4) is 0 Å². The largest absolute Gasteiger partial charge is 0.493 e. The van der Waals surface area contributed by atoms with Crippen molar-refractivity contribution in [2.75, 3.05) is 12.4 Å². The summed E-state index contributed by atoms with van der Waals surface area (Å²) in [5, 5.41) is 2.69. The van der Waals surface area contributed by atoms with Crippen LogP contribution in [0.2, 0.25) is 0 Å². The lowest BCUT2D eigenvalue weighted by Crippen LogP contribution is -2.07.